The van der Waals surface area contributed by atoms with Crippen LogP contribution in [0.4, 0.5) is 0 Å². The molecule has 0 aliphatic heterocycles. The molecular weight excluding hydrogens is 168 g/mol. The Kier molecular flexibility index (Phi) is 4.70. The van der Waals surface area contributed by atoms with Crippen molar-refractivity contribution in [2.75, 3.05) is 0 Å². The highest BCUT2D eigenvalue weighted by atomic mass is 16.7. The summed E-state index contributed by atoms with van der Waals surface area (Å²) in [7, 11) is 0. The van der Waals surface area contributed by atoms with E-state index in [-0.39, 0.29) is 11.6 Å². The Morgan fingerprint density at radius 2 is 1.92 bits per heavy atom. The molecule has 1 unspecified atom stereocenters. The Morgan fingerprint density at radius 3 is 2.31 bits per heavy atom. The van der Waals surface area contributed by atoms with Gasteiger partial charge in [0.15, 0.2) is 0 Å². The van der Waals surface area contributed by atoms with Crippen LogP contribution in [0.2, 0.25) is 0 Å². The fourth-order valence-electron chi connectivity index (χ4n) is 0.861. The Labute approximate surface area is 79.7 Å². The van der Waals surface area contributed by atoms with Crippen molar-refractivity contribution in [3.8, 4) is 0 Å². The second-order valence-electron chi connectivity index (χ2n) is 3.73. The molecule has 0 aromatic heterocycles. The number of ether oxygens (including phenoxy) is 2. The molecule has 3 heteroatoms. The van der Waals surface area contributed by atoms with Crippen molar-refractivity contribution >= 4 is 5.97 Å². The molecule has 0 aromatic rings. The molecule has 0 saturated carbocycles. The van der Waals surface area contributed by atoms with Crippen molar-refractivity contribution in [3.63, 3.8) is 0 Å². The van der Waals surface area contributed by atoms with E-state index in [1.54, 1.807) is 19.9 Å². The van der Waals surface area contributed by atoms with Crippen molar-refractivity contribution in [2.45, 2.75) is 46.5 Å². The minimum Gasteiger partial charge on any atom is -0.433 e. The fraction of sp³-hybridized carbons (Fsp3) is 0.700. The minimum absolute atomic E-state index is 0.296. The maximum absolute atomic E-state index is 11.0. The number of carbonyl (C=O) groups is 1. The van der Waals surface area contributed by atoms with Gasteiger partial charge in [0.2, 0.25) is 6.29 Å². The van der Waals surface area contributed by atoms with E-state index >= 15 is 0 Å². The van der Waals surface area contributed by atoms with E-state index in [4.69, 9.17) is 9.47 Å². The van der Waals surface area contributed by atoms with Crippen LogP contribution in [0.15, 0.2) is 12.2 Å². The number of esters is 1. The molecule has 0 bridgehead atoms. The maximum Gasteiger partial charge on any atom is 0.332 e. The smallest absolute Gasteiger partial charge is 0.332 e. The Bertz CT molecular complexity index is 189. The van der Waals surface area contributed by atoms with Crippen LogP contribution in [0, 0.1) is 0 Å². The summed E-state index contributed by atoms with van der Waals surface area (Å²) in [6.45, 7) is 9.19. The lowest BCUT2D eigenvalue weighted by Crippen LogP contribution is -2.28. The molecule has 0 N–H and O–H groups in total. The SMILES string of the molecule is C/C=C/C(=O)OC(C)OC(C)(C)C. The number of rotatable bonds is 3. The zero-order valence-electron chi connectivity index (χ0n) is 8.96. The third-order valence-corrected chi connectivity index (χ3v) is 1.10. The van der Waals surface area contributed by atoms with Crippen molar-refractivity contribution < 1.29 is 14.3 Å². The van der Waals surface area contributed by atoms with Crippen molar-refractivity contribution in [1.29, 1.82) is 0 Å². The summed E-state index contributed by atoms with van der Waals surface area (Å²) in [4.78, 5) is 11.0. The summed E-state index contributed by atoms with van der Waals surface area (Å²) in [6, 6.07) is 0. The Balaban J connectivity index is 3.88. The summed E-state index contributed by atoms with van der Waals surface area (Å²) in [5, 5.41) is 0. The highest BCUT2D eigenvalue weighted by molar-refractivity contribution is 5.81. The Morgan fingerprint density at radius 1 is 1.38 bits per heavy atom. The van der Waals surface area contributed by atoms with Crippen LogP contribution in [-0.4, -0.2) is 17.9 Å². The number of hydrogen-bond acceptors (Lipinski definition) is 3. The molecule has 3 nitrogen and oxygen atoms in total. The van der Waals surface area contributed by atoms with Crippen LogP contribution in [0.25, 0.3) is 0 Å². The average Bonchev–Trinajstić information content (AvgIpc) is 1.81. The molecule has 0 spiro atoms. The second kappa shape index (κ2) is 5.02. The molecule has 0 heterocycles. The lowest BCUT2D eigenvalue weighted by atomic mass is 10.2. The number of hydrogen-bond donors (Lipinski definition) is 0. The van der Waals surface area contributed by atoms with Gasteiger partial charge in [-0.1, -0.05) is 6.08 Å². The normalized spacial score (nSPS) is 14.5. The first-order valence-electron chi connectivity index (χ1n) is 4.36. The molecule has 76 valence electrons. The van der Waals surface area contributed by atoms with Crippen LogP contribution in [0.1, 0.15) is 34.6 Å². The van der Waals surface area contributed by atoms with Gasteiger partial charge in [-0.3, -0.25) is 0 Å². The van der Waals surface area contributed by atoms with Gasteiger partial charge in [-0.2, -0.15) is 0 Å². The van der Waals surface area contributed by atoms with Crippen molar-refractivity contribution in [3.05, 3.63) is 12.2 Å². The molecule has 0 radical (unpaired) electrons. The lowest BCUT2D eigenvalue weighted by molar-refractivity contribution is -0.192. The lowest BCUT2D eigenvalue weighted by Gasteiger charge is -2.24. The third-order valence-electron chi connectivity index (χ3n) is 1.10. The highest BCUT2D eigenvalue weighted by Gasteiger charge is 2.16. The minimum atomic E-state index is -0.510. The van der Waals surface area contributed by atoms with Crippen LogP contribution in [-0.2, 0) is 14.3 Å². The van der Waals surface area contributed by atoms with E-state index in [2.05, 4.69) is 0 Å². The van der Waals surface area contributed by atoms with Crippen LogP contribution < -0.4 is 0 Å². The van der Waals surface area contributed by atoms with Gasteiger partial charge >= 0.3 is 5.97 Å². The summed E-state index contributed by atoms with van der Waals surface area (Å²) in [5.74, 6) is -0.376. The van der Waals surface area contributed by atoms with E-state index in [0.29, 0.717) is 0 Å². The predicted molar refractivity (Wildman–Crippen MR) is 51.2 cm³/mol. The monoisotopic (exact) mass is 186 g/mol. The first-order chi connectivity index (χ1) is 5.85. The molecule has 0 aliphatic carbocycles. The summed E-state index contributed by atoms with van der Waals surface area (Å²) >= 11 is 0. The zero-order chi connectivity index (χ0) is 10.5. The van der Waals surface area contributed by atoms with E-state index in [1.807, 2.05) is 20.8 Å². The summed E-state index contributed by atoms with van der Waals surface area (Å²) in [6.07, 6.45) is 2.48. The molecule has 0 rings (SSSR count). The molecule has 1 atom stereocenters. The first kappa shape index (κ1) is 12.2. The molecule has 0 fully saturated rings. The third kappa shape index (κ3) is 7.53. The predicted octanol–water partition coefficient (Wildman–Crippen LogP) is 2.27. The van der Waals surface area contributed by atoms with Gasteiger partial charge in [0.05, 0.1) is 5.60 Å². The van der Waals surface area contributed by atoms with Crippen molar-refractivity contribution in [1.82, 2.24) is 0 Å². The number of carbonyl (C=O) groups excluding carboxylic acids is 1. The quantitative estimate of drug-likeness (QED) is 0.385. The molecule has 0 aromatic carbocycles. The topological polar surface area (TPSA) is 35.5 Å². The maximum atomic E-state index is 11.0. The van der Waals surface area contributed by atoms with Gasteiger partial charge in [-0.25, -0.2) is 4.79 Å². The zero-order valence-corrected chi connectivity index (χ0v) is 8.96. The van der Waals surface area contributed by atoms with Crippen molar-refractivity contribution in [2.24, 2.45) is 0 Å². The van der Waals surface area contributed by atoms with Crippen LogP contribution in [0.3, 0.4) is 0 Å². The van der Waals surface area contributed by atoms with Crippen LogP contribution in [0.5, 0.6) is 0 Å². The number of allylic oxidation sites excluding steroid dienone is 1. The second-order valence-corrected chi connectivity index (χ2v) is 3.73. The van der Waals surface area contributed by atoms with E-state index in [0.717, 1.165) is 0 Å². The molecule has 0 amide bonds. The summed E-state index contributed by atoms with van der Waals surface area (Å²) in [5.41, 5.74) is -0.296. The highest BCUT2D eigenvalue weighted by Crippen LogP contribution is 2.11. The van der Waals surface area contributed by atoms with Gasteiger partial charge < -0.3 is 9.47 Å². The molecular formula is C10H18O3. The van der Waals surface area contributed by atoms with Crippen LogP contribution >= 0.6 is 0 Å². The van der Waals surface area contributed by atoms with E-state index in [1.165, 1.54) is 6.08 Å². The molecule has 0 aliphatic rings. The van der Waals surface area contributed by atoms with E-state index in [9.17, 15) is 4.79 Å². The first-order valence-corrected chi connectivity index (χ1v) is 4.36. The fourth-order valence-corrected chi connectivity index (χ4v) is 0.861. The van der Waals surface area contributed by atoms with E-state index < -0.39 is 6.29 Å². The van der Waals surface area contributed by atoms with Gasteiger partial charge in [0.25, 0.3) is 0 Å². The average molecular weight is 186 g/mol. The Hall–Kier alpha value is -0.830. The molecule has 13 heavy (non-hydrogen) atoms. The largest absolute Gasteiger partial charge is 0.433 e. The standard InChI is InChI=1S/C10H18O3/c1-6-7-9(11)12-8(2)13-10(3,4)5/h6-8H,1-5H3/b7-6+. The van der Waals surface area contributed by atoms with Gasteiger partial charge in [-0.15, -0.1) is 0 Å². The summed E-state index contributed by atoms with van der Waals surface area (Å²) < 4.78 is 10.3. The van der Waals surface area contributed by atoms with Gasteiger partial charge in [-0.05, 0) is 34.6 Å². The molecule has 0 saturated heterocycles. The van der Waals surface area contributed by atoms with Gasteiger partial charge in [0, 0.05) is 6.08 Å². The van der Waals surface area contributed by atoms with Gasteiger partial charge in [0.1, 0.15) is 0 Å².